The minimum atomic E-state index is 0.258. The number of nitrogens with zero attached hydrogens (tertiary/aromatic N) is 3. The summed E-state index contributed by atoms with van der Waals surface area (Å²) in [6, 6.07) is 1.91. The molecule has 0 fully saturated rings. The van der Waals surface area contributed by atoms with Crippen LogP contribution in [0.15, 0.2) is 43.5 Å². The Balaban J connectivity index is 0.000000540. The maximum absolute atomic E-state index is 5.79. The van der Waals surface area contributed by atoms with Gasteiger partial charge in [0.25, 0.3) is 0 Å². The van der Waals surface area contributed by atoms with Crippen molar-refractivity contribution in [3.05, 3.63) is 54.2 Å². The lowest BCUT2D eigenvalue weighted by atomic mass is 10.3. The Kier molecular flexibility index (Phi) is 10.5. The fourth-order valence-electron chi connectivity index (χ4n) is 1.47. The zero-order chi connectivity index (χ0) is 17.0. The number of allylic oxidation sites excluding steroid dienone is 2. The zero-order valence-corrected chi connectivity index (χ0v) is 14.5. The molecular formula is C17H25ClN4. The van der Waals surface area contributed by atoms with Crippen molar-refractivity contribution in [2.75, 3.05) is 5.73 Å². The predicted molar refractivity (Wildman–Crippen MR) is 97.3 cm³/mol. The highest BCUT2D eigenvalue weighted by atomic mass is 35.5. The molecule has 0 saturated carbocycles. The van der Waals surface area contributed by atoms with Gasteiger partial charge in [-0.1, -0.05) is 57.2 Å². The van der Waals surface area contributed by atoms with Gasteiger partial charge in [-0.05, 0) is 25.0 Å². The summed E-state index contributed by atoms with van der Waals surface area (Å²) in [5.74, 6) is 0.572. The van der Waals surface area contributed by atoms with Crippen LogP contribution in [-0.2, 0) is 0 Å². The minimum absolute atomic E-state index is 0.258. The number of aromatic nitrogens is 3. The van der Waals surface area contributed by atoms with E-state index in [1.165, 1.54) is 6.33 Å². The van der Waals surface area contributed by atoms with Crippen molar-refractivity contribution >= 4 is 23.4 Å². The average Bonchev–Trinajstić information content (AvgIpc) is 3.02. The van der Waals surface area contributed by atoms with E-state index in [2.05, 4.69) is 35.6 Å². The molecule has 0 atom stereocenters. The Hall–Kier alpha value is -2.07. The van der Waals surface area contributed by atoms with E-state index in [1.807, 2.05) is 39.2 Å². The van der Waals surface area contributed by atoms with Gasteiger partial charge in [0.15, 0.2) is 11.0 Å². The van der Waals surface area contributed by atoms with Crippen molar-refractivity contribution in [3.63, 3.8) is 0 Å². The van der Waals surface area contributed by atoms with Gasteiger partial charge in [0, 0.05) is 12.4 Å². The molecule has 0 aliphatic rings. The largest absolute Gasteiger partial charge is 0.393 e. The SMILES string of the molecule is C/C=C\CC.C=Cc1ccn(-c2ncnc(Cl)c2N)c1.CC. The lowest BCUT2D eigenvalue weighted by Crippen LogP contribution is -2.02. The van der Waals surface area contributed by atoms with Crippen LogP contribution in [0.5, 0.6) is 0 Å². The Labute approximate surface area is 138 Å². The van der Waals surface area contributed by atoms with Gasteiger partial charge in [-0.15, -0.1) is 0 Å². The fourth-order valence-corrected chi connectivity index (χ4v) is 1.60. The van der Waals surface area contributed by atoms with Crippen LogP contribution in [0.25, 0.3) is 11.9 Å². The number of hydrogen-bond donors (Lipinski definition) is 1. The molecule has 0 spiro atoms. The zero-order valence-electron chi connectivity index (χ0n) is 13.8. The highest BCUT2D eigenvalue weighted by Crippen LogP contribution is 2.21. The van der Waals surface area contributed by atoms with Gasteiger partial charge in [0.1, 0.15) is 12.0 Å². The first kappa shape index (κ1) is 19.9. The highest BCUT2D eigenvalue weighted by Gasteiger charge is 2.07. The van der Waals surface area contributed by atoms with Crippen molar-refractivity contribution < 1.29 is 0 Å². The number of rotatable bonds is 3. The van der Waals surface area contributed by atoms with Crippen LogP contribution in [0, 0.1) is 0 Å². The van der Waals surface area contributed by atoms with Gasteiger partial charge in [-0.2, -0.15) is 0 Å². The van der Waals surface area contributed by atoms with Crippen molar-refractivity contribution in [1.29, 1.82) is 0 Å². The second-order valence-electron chi connectivity index (χ2n) is 3.94. The van der Waals surface area contributed by atoms with Gasteiger partial charge < -0.3 is 10.3 Å². The molecule has 0 unspecified atom stereocenters. The van der Waals surface area contributed by atoms with Crippen molar-refractivity contribution in [2.24, 2.45) is 0 Å². The van der Waals surface area contributed by atoms with Crippen molar-refractivity contribution in [3.8, 4) is 5.82 Å². The standard InChI is InChI=1S/C10H9ClN4.C5H10.C2H6/c1-2-7-3-4-15(5-7)10-8(12)9(11)13-6-14-10;1-3-5-4-2;1-2/h2-6H,1,12H2;3,5H,4H2,1-2H3;1-2H3/b;5-3-;. The van der Waals surface area contributed by atoms with E-state index in [4.69, 9.17) is 17.3 Å². The van der Waals surface area contributed by atoms with Gasteiger partial charge >= 0.3 is 0 Å². The Morgan fingerprint density at radius 1 is 1.36 bits per heavy atom. The van der Waals surface area contributed by atoms with Crippen LogP contribution >= 0.6 is 11.6 Å². The summed E-state index contributed by atoms with van der Waals surface area (Å²) in [7, 11) is 0. The summed E-state index contributed by atoms with van der Waals surface area (Å²) in [6.45, 7) is 11.8. The molecule has 0 amide bonds. The molecule has 0 saturated heterocycles. The first-order chi connectivity index (χ1) is 10.6. The van der Waals surface area contributed by atoms with Crippen LogP contribution in [0.1, 0.15) is 39.7 Å². The third-order valence-corrected chi connectivity index (χ3v) is 2.78. The average molecular weight is 321 g/mol. The summed E-state index contributed by atoms with van der Waals surface area (Å²) >= 11 is 5.79. The van der Waals surface area contributed by atoms with Crippen molar-refractivity contribution in [1.82, 2.24) is 14.5 Å². The van der Waals surface area contributed by atoms with Crippen LogP contribution in [0.2, 0.25) is 5.15 Å². The van der Waals surface area contributed by atoms with E-state index < -0.39 is 0 Å². The van der Waals surface area contributed by atoms with Crippen LogP contribution < -0.4 is 5.73 Å². The van der Waals surface area contributed by atoms with E-state index in [9.17, 15) is 0 Å². The highest BCUT2D eigenvalue weighted by molar-refractivity contribution is 6.32. The molecule has 120 valence electrons. The molecule has 0 aliphatic carbocycles. The molecular weight excluding hydrogens is 296 g/mol. The monoisotopic (exact) mass is 320 g/mol. The van der Waals surface area contributed by atoms with Crippen molar-refractivity contribution in [2.45, 2.75) is 34.1 Å². The van der Waals surface area contributed by atoms with E-state index in [0.29, 0.717) is 11.5 Å². The number of nitrogens with two attached hydrogens (primary N) is 1. The normalized spacial score (nSPS) is 9.50. The number of anilines is 1. The molecule has 2 N–H and O–H groups in total. The third-order valence-electron chi connectivity index (χ3n) is 2.48. The Morgan fingerprint density at radius 3 is 2.50 bits per heavy atom. The molecule has 22 heavy (non-hydrogen) atoms. The number of halogens is 1. The van der Waals surface area contributed by atoms with Crippen LogP contribution in [0.3, 0.4) is 0 Å². The topological polar surface area (TPSA) is 56.7 Å². The smallest absolute Gasteiger partial charge is 0.164 e. The minimum Gasteiger partial charge on any atom is -0.393 e. The van der Waals surface area contributed by atoms with E-state index in [1.54, 1.807) is 10.6 Å². The lowest BCUT2D eigenvalue weighted by molar-refractivity contribution is 0.987. The fraction of sp³-hybridized carbons (Fsp3) is 0.294. The molecule has 2 aromatic rings. The van der Waals surface area contributed by atoms with Gasteiger partial charge in [-0.3, -0.25) is 0 Å². The van der Waals surface area contributed by atoms with E-state index in [-0.39, 0.29) is 5.15 Å². The molecule has 2 aromatic heterocycles. The molecule has 2 heterocycles. The van der Waals surface area contributed by atoms with Gasteiger partial charge in [0.2, 0.25) is 0 Å². The summed E-state index contributed by atoms with van der Waals surface area (Å²) in [5, 5.41) is 0.258. The molecule has 4 nitrogen and oxygen atoms in total. The van der Waals surface area contributed by atoms with E-state index in [0.717, 1.165) is 12.0 Å². The van der Waals surface area contributed by atoms with Crippen LogP contribution in [0.4, 0.5) is 5.69 Å². The molecule has 0 bridgehead atoms. The van der Waals surface area contributed by atoms with Crippen LogP contribution in [-0.4, -0.2) is 14.5 Å². The lowest BCUT2D eigenvalue weighted by Gasteiger charge is -2.05. The molecule has 5 heteroatoms. The Morgan fingerprint density at radius 2 is 2.05 bits per heavy atom. The first-order valence-electron chi connectivity index (χ1n) is 7.31. The summed E-state index contributed by atoms with van der Waals surface area (Å²) in [5.41, 5.74) is 7.12. The quantitative estimate of drug-likeness (QED) is 0.629. The summed E-state index contributed by atoms with van der Waals surface area (Å²) in [4.78, 5) is 7.85. The maximum atomic E-state index is 5.79. The molecule has 0 aliphatic heterocycles. The number of nitrogen functional groups attached to an aromatic ring is 1. The second-order valence-corrected chi connectivity index (χ2v) is 4.29. The Bertz CT molecular complexity index is 588. The van der Waals surface area contributed by atoms with Gasteiger partial charge in [-0.25, -0.2) is 9.97 Å². The third kappa shape index (κ3) is 6.14. The first-order valence-corrected chi connectivity index (χ1v) is 7.69. The summed E-state index contributed by atoms with van der Waals surface area (Å²) in [6.07, 6.45) is 12.2. The molecule has 0 aromatic carbocycles. The molecule has 2 rings (SSSR count). The second kappa shape index (κ2) is 11.6. The maximum Gasteiger partial charge on any atom is 0.164 e. The van der Waals surface area contributed by atoms with E-state index >= 15 is 0 Å². The number of hydrogen-bond acceptors (Lipinski definition) is 3. The predicted octanol–water partition coefficient (Wildman–Crippen LogP) is 5.14. The molecule has 0 radical (unpaired) electrons. The summed E-state index contributed by atoms with van der Waals surface area (Å²) < 4.78 is 1.78. The van der Waals surface area contributed by atoms with Gasteiger partial charge in [0.05, 0.1) is 0 Å².